The van der Waals surface area contributed by atoms with Gasteiger partial charge in [0.1, 0.15) is 0 Å². The lowest BCUT2D eigenvalue weighted by molar-refractivity contribution is 0.168. The van der Waals surface area contributed by atoms with E-state index in [1.54, 1.807) is 13.8 Å². The SMILES string of the molecule is C[C@H](COc1ccc(Br)c(F)c1F)CC(C)(C)NC(=O)O. The fourth-order valence-electron chi connectivity index (χ4n) is 2.12. The van der Waals surface area contributed by atoms with Gasteiger partial charge in [0.15, 0.2) is 11.6 Å². The summed E-state index contributed by atoms with van der Waals surface area (Å²) in [4.78, 5) is 10.7. The molecule has 0 aliphatic carbocycles. The Hall–Kier alpha value is -1.37. The molecule has 0 heterocycles. The molecule has 0 aromatic heterocycles. The Balaban J connectivity index is 2.59. The number of ether oxygens (including phenoxy) is 1. The number of benzene rings is 1. The Morgan fingerprint density at radius 3 is 2.62 bits per heavy atom. The van der Waals surface area contributed by atoms with Crippen LogP contribution in [-0.4, -0.2) is 23.3 Å². The van der Waals surface area contributed by atoms with Crippen molar-refractivity contribution in [2.24, 2.45) is 5.92 Å². The van der Waals surface area contributed by atoms with Gasteiger partial charge in [0.2, 0.25) is 5.82 Å². The van der Waals surface area contributed by atoms with E-state index >= 15 is 0 Å². The van der Waals surface area contributed by atoms with E-state index in [2.05, 4.69) is 21.2 Å². The smallest absolute Gasteiger partial charge is 0.405 e. The molecule has 2 N–H and O–H groups in total. The third-order valence-corrected chi connectivity index (χ3v) is 3.44. The third-order valence-electron chi connectivity index (χ3n) is 2.83. The van der Waals surface area contributed by atoms with Crippen LogP contribution in [0.25, 0.3) is 0 Å². The van der Waals surface area contributed by atoms with Crippen LogP contribution in [0.1, 0.15) is 27.2 Å². The van der Waals surface area contributed by atoms with Crippen LogP contribution >= 0.6 is 15.9 Å². The summed E-state index contributed by atoms with van der Waals surface area (Å²) >= 11 is 2.89. The number of carbonyl (C=O) groups is 1. The van der Waals surface area contributed by atoms with Gasteiger partial charge in [0, 0.05) is 5.54 Å². The van der Waals surface area contributed by atoms with Crippen molar-refractivity contribution in [2.75, 3.05) is 6.61 Å². The minimum Gasteiger partial charge on any atom is -0.490 e. The van der Waals surface area contributed by atoms with Crippen LogP contribution in [-0.2, 0) is 0 Å². The number of nitrogens with one attached hydrogen (secondary N) is 1. The van der Waals surface area contributed by atoms with Gasteiger partial charge in [-0.1, -0.05) is 6.92 Å². The van der Waals surface area contributed by atoms with Crippen LogP contribution in [0, 0.1) is 17.6 Å². The Bertz CT molecular complexity index is 523. The Morgan fingerprint density at radius 1 is 1.43 bits per heavy atom. The van der Waals surface area contributed by atoms with Crippen molar-refractivity contribution in [1.29, 1.82) is 0 Å². The fraction of sp³-hybridized carbons (Fsp3) is 0.500. The maximum Gasteiger partial charge on any atom is 0.405 e. The second-order valence-corrected chi connectivity index (χ2v) is 6.46. The number of amides is 1. The molecule has 0 aliphatic rings. The quantitative estimate of drug-likeness (QED) is 0.743. The lowest BCUT2D eigenvalue weighted by Crippen LogP contribution is -2.44. The van der Waals surface area contributed by atoms with Crippen molar-refractivity contribution in [1.82, 2.24) is 5.32 Å². The topological polar surface area (TPSA) is 58.6 Å². The molecule has 0 spiro atoms. The van der Waals surface area contributed by atoms with Crippen LogP contribution < -0.4 is 10.1 Å². The molecule has 1 amide bonds. The van der Waals surface area contributed by atoms with Crippen LogP contribution in [0.5, 0.6) is 5.75 Å². The zero-order valence-corrected chi connectivity index (χ0v) is 13.6. The van der Waals surface area contributed by atoms with E-state index in [4.69, 9.17) is 9.84 Å². The van der Waals surface area contributed by atoms with Crippen molar-refractivity contribution in [2.45, 2.75) is 32.7 Å². The van der Waals surface area contributed by atoms with Gasteiger partial charge >= 0.3 is 6.09 Å². The number of rotatable bonds is 6. The molecular formula is C14H18BrF2NO3. The van der Waals surface area contributed by atoms with Crippen LogP contribution in [0.4, 0.5) is 13.6 Å². The minimum absolute atomic E-state index is 0.0344. The van der Waals surface area contributed by atoms with Crippen molar-refractivity contribution < 1.29 is 23.4 Å². The van der Waals surface area contributed by atoms with E-state index in [1.165, 1.54) is 12.1 Å². The monoisotopic (exact) mass is 365 g/mol. The van der Waals surface area contributed by atoms with Gasteiger partial charge in [-0.25, -0.2) is 9.18 Å². The number of hydrogen-bond donors (Lipinski definition) is 2. The molecule has 4 nitrogen and oxygen atoms in total. The van der Waals surface area contributed by atoms with Gasteiger partial charge in [-0.3, -0.25) is 0 Å². The maximum atomic E-state index is 13.6. The third kappa shape index (κ3) is 5.49. The first-order chi connectivity index (χ1) is 9.62. The van der Waals surface area contributed by atoms with Crippen molar-refractivity contribution in [3.8, 4) is 5.75 Å². The van der Waals surface area contributed by atoms with E-state index in [0.717, 1.165) is 0 Å². The molecule has 0 saturated heterocycles. The second kappa shape index (κ2) is 7.06. The first-order valence-electron chi connectivity index (χ1n) is 6.40. The zero-order chi connectivity index (χ0) is 16.2. The molecule has 0 bridgehead atoms. The molecule has 0 fully saturated rings. The highest BCUT2D eigenvalue weighted by atomic mass is 79.9. The summed E-state index contributed by atoms with van der Waals surface area (Å²) in [5.74, 6) is -2.24. The highest BCUT2D eigenvalue weighted by Crippen LogP contribution is 2.27. The summed E-state index contributed by atoms with van der Waals surface area (Å²) in [6.07, 6.45) is -0.603. The van der Waals surface area contributed by atoms with Crippen LogP contribution in [0.2, 0.25) is 0 Å². The molecule has 1 rings (SSSR count). The Kier molecular flexibility index (Phi) is 5.95. The van der Waals surface area contributed by atoms with E-state index in [0.29, 0.717) is 6.42 Å². The number of carboxylic acid groups (broad SMARTS) is 1. The Labute approximate surface area is 130 Å². The van der Waals surface area contributed by atoms with E-state index in [-0.39, 0.29) is 22.7 Å². The normalized spacial score (nSPS) is 12.9. The molecular weight excluding hydrogens is 348 g/mol. The van der Waals surface area contributed by atoms with Crippen LogP contribution in [0.3, 0.4) is 0 Å². The predicted molar refractivity (Wildman–Crippen MR) is 78.6 cm³/mol. The molecule has 1 atom stereocenters. The van der Waals surface area contributed by atoms with Gasteiger partial charge in [-0.15, -0.1) is 0 Å². The summed E-state index contributed by atoms with van der Waals surface area (Å²) in [7, 11) is 0. The predicted octanol–water partition coefficient (Wildman–Crippen LogP) is 4.18. The van der Waals surface area contributed by atoms with Crippen LogP contribution in [0.15, 0.2) is 16.6 Å². The molecule has 7 heteroatoms. The minimum atomic E-state index is -1.10. The average Bonchev–Trinajstić information content (AvgIpc) is 2.32. The zero-order valence-electron chi connectivity index (χ0n) is 12.0. The second-order valence-electron chi connectivity index (χ2n) is 5.61. The van der Waals surface area contributed by atoms with Gasteiger partial charge in [-0.05, 0) is 54.2 Å². The molecule has 0 unspecified atom stereocenters. The molecule has 0 aliphatic heterocycles. The van der Waals surface area contributed by atoms with E-state index in [1.807, 2.05) is 6.92 Å². The highest BCUT2D eigenvalue weighted by Gasteiger charge is 2.23. The first-order valence-corrected chi connectivity index (χ1v) is 7.19. The molecule has 0 radical (unpaired) electrons. The van der Waals surface area contributed by atoms with Gasteiger partial charge in [0.25, 0.3) is 0 Å². The largest absolute Gasteiger partial charge is 0.490 e. The van der Waals surface area contributed by atoms with E-state index < -0.39 is 23.3 Å². The summed E-state index contributed by atoms with van der Waals surface area (Å²) in [5, 5.41) is 11.1. The summed E-state index contributed by atoms with van der Waals surface area (Å²) in [5.41, 5.74) is -0.627. The van der Waals surface area contributed by atoms with Crippen molar-refractivity contribution in [3.63, 3.8) is 0 Å². The van der Waals surface area contributed by atoms with Crippen molar-refractivity contribution in [3.05, 3.63) is 28.2 Å². The average molecular weight is 366 g/mol. The molecule has 1 aromatic rings. The van der Waals surface area contributed by atoms with E-state index in [9.17, 15) is 13.6 Å². The van der Waals surface area contributed by atoms with Gasteiger partial charge < -0.3 is 15.2 Å². The lowest BCUT2D eigenvalue weighted by Gasteiger charge is -2.28. The summed E-state index contributed by atoms with van der Waals surface area (Å²) < 4.78 is 32.3. The summed E-state index contributed by atoms with van der Waals surface area (Å²) in [6, 6.07) is 2.71. The molecule has 0 saturated carbocycles. The maximum absolute atomic E-state index is 13.6. The number of hydrogen-bond acceptors (Lipinski definition) is 2. The first kappa shape index (κ1) is 17.7. The van der Waals surface area contributed by atoms with Gasteiger partial charge in [-0.2, -0.15) is 4.39 Å². The standard InChI is InChI=1S/C14H18BrF2NO3/c1-8(6-14(2,3)18-13(19)20)7-21-10-5-4-9(15)11(16)12(10)17/h4-5,8,18H,6-7H2,1-3H3,(H,19,20)/t8-/m0/s1. The summed E-state index contributed by atoms with van der Waals surface area (Å²) in [6.45, 7) is 5.50. The molecule has 21 heavy (non-hydrogen) atoms. The number of halogens is 3. The molecule has 118 valence electrons. The molecule has 1 aromatic carbocycles. The highest BCUT2D eigenvalue weighted by molar-refractivity contribution is 9.10. The fourth-order valence-corrected chi connectivity index (χ4v) is 2.43. The van der Waals surface area contributed by atoms with Gasteiger partial charge in [0.05, 0.1) is 11.1 Å². The lowest BCUT2D eigenvalue weighted by atomic mass is 9.92. The Morgan fingerprint density at radius 2 is 2.05 bits per heavy atom. The van der Waals surface area contributed by atoms with Crippen molar-refractivity contribution >= 4 is 22.0 Å².